The Bertz CT molecular complexity index is 174. The Balaban J connectivity index is 2.42. The Morgan fingerprint density at radius 2 is 2.36 bits per heavy atom. The first-order valence-corrected chi connectivity index (χ1v) is 4.09. The van der Waals surface area contributed by atoms with Gasteiger partial charge in [0.15, 0.2) is 5.78 Å². The van der Waals surface area contributed by atoms with Gasteiger partial charge in [-0.25, -0.2) is 0 Å². The zero-order chi connectivity index (χ0) is 8.27. The molecule has 1 aliphatic heterocycles. The lowest BCUT2D eigenvalue weighted by Gasteiger charge is -2.14. The number of hydrogen-bond donors (Lipinski definition) is 0. The molecule has 0 saturated carbocycles. The van der Waals surface area contributed by atoms with Crippen molar-refractivity contribution < 1.29 is 4.79 Å². The standard InChI is InChI=1S/C9H15NO/c1-8(11)5-6-9-4-3-7-10(9)2/h5-6,9H,3-4,7H2,1-2H3/b6-5+/t9-/m0/s1. The lowest BCUT2D eigenvalue weighted by Crippen LogP contribution is -2.22. The summed E-state index contributed by atoms with van der Waals surface area (Å²) in [6, 6.07) is 0.499. The molecule has 1 rings (SSSR count). The van der Waals surface area contributed by atoms with Crippen LogP contribution in [-0.2, 0) is 4.79 Å². The van der Waals surface area contributed by atoms with E-state index in [4.69, 9.17) is 0 Å². The Hall–Kier alpha value is -0.630. The van der Waals surface area contributed by atoms with Gasteiger partial charge >= 0.3 is 0 Å². The summed E-state index contributed by atoms with van der Waals surface area (Å²) < 4.78 is 0. The van der Waals surface area contributed by atoms with Crippen molar-refractivity contribution in [2.24, 2.45) is 0 Å². The number of carbonyl (C=O) groups is 1. The van der Waals surface area contributed by atoms with Gasteiger partial charge in [-0.05, 0) is 39.4 Å². The molecule has 1 heterocycles. The van der Waals surface area contributed by atoms with Crippen LogP contribution in [0.4, 0.5) is 0 Å². The molecular formula is C9H15NO. The highest BCUT2D eigenvalue weighted by molar-refractivity contribution is 5.87. The van der Waals surface area contributed by atoms with Gasteiger partial charge in [0, 0.05) is 6.04 Å². The Labute approximate surface area is 67.9 Å². The SMILES string of the molecule is CC(=O)/C=C/[C@@H]1CCCN1C. The van der Waals surface area contributed by atoms with Gasteiger partial charge in [0.2, 0.25) is 0 Å². The number of likely N-dealkylation sites (tertiary alicyclic amines) is 1. The molecule has 2 heteroatoms. The summed E-state index contributed by atoms with van der Waals surface area (Å²) >= 11 is 0. The highest BCUT2D eigenvalue weighted by Gasteiger charge is 2.17. The van der Waals surface area contributed by atoms with Crippen LogP contribution < -0.4 is 0 Å². The number of allylic oxidation sites excluding steroid dienone is 1. The maximum atomic E-state index is 10.6. The van der Waals surface area contributed by atoms with Crippen molar-refractivity contribution in [2.75, 3.05) is 13.6 Å². The molecule has 62 valence electrons. The van der Waals surface area contributed by atoms with Gasteiger partial charge in [0.25, 0.3) is 0 Å². The summed E-state index contributed by atoms with van der Waals surface area (Å²) in [6.07, 6.45) is 6.13. The third-order valence-electron chi connectivity index (χ3n) is 2.13. The van der Waals surface area contributed by atoms with E-state index in [1.807, 2.05) is 6.08 Å². The van der Waals surface area contributed by atoms with E-state index in [2.05, 4.69) is 11.9 Å². The average Bonchev–Trinajstić information content (AvgIpc) is 2.31. The molecule has 0 aromatic rings. The summed E-state index contributed by atoms with van der Waals surface area (Å²) in [7, 11) is 2.10. The van der Waals surface area contributed by atoms with Crippen LogP contribution in [0.25, 0.3) is 0 Å². The van der Waals surface area contributed by atoms with Crippen molar-refractivity contribution in [1.29, 1.82) is 0 Å². The van der Waals surface area contributed by atoms with E-state index >= 15 is 0 Å². The largest absolute Gasteiger partial charge is 0.300 e. The van der Waals surface area contributed by atoms with Crippen molar-refractivity contribution >= 4 is 5.78 Å². The van der Waals surface area contributed by atoms with Crippen LogP contribution in [0.2, 0.25) is 0 Å². The first kappa shape index (κ1) is 8.47. The summed E-state index contributed by atoms with van der Waals surface area (Å²) in [5.74, 6) is 0.144. The van der Waals surface area contributed by atoms with Crippen molar-refractivity contribution in [2.45, 2.75) is 25.8 Å². The zero-order valence-corrected chi connectivity index (χ0v) is 7.21. The Morgan fingerprint density at radius 1 is 1.64 bits per heavy atom. The smallest absolute Gasteiger partial charge is 0.152 e. The molecule has 0 bridgehead atoms. The predicted molar refractivity (Wildman–Crippen MR) is 45.5 cm³/mol. The van der Waals surface area contributed by atoms with Crippen LogP contribution in [0.5, 0.6) is 0 Å². The molecule has 1 aliphatic rings. The highest BCUT2D eigenvalue weighted by atomic mass is 16.1. The van der Waals surface area contributed by atoms with Crippen molar-refractivity contribution in [3.8, 4) is 0 Å². The van der Waals surface area contributed by atoms with Gasteiger partial charge in [-0.1, -0.05) is 6.08 Å². The number of ketones is 1. The monoisotopic (exact) mass is 153 g/mol. The Morgan fingerprint density at radius 3 is 2.82 bits per heavy atom. The highest BCUT2D eigenvalue weighted by Crippen LogP contribution is 2.15. The molecule has 0 amide bonds. The summed E-state index contributed by atoms with van der Waals surface area (Å²) in [6.45, 7) is 2.75. The third-order valence-corrected chi connectivity index (χ3v) is 2.13. The molecule has 0 aromatic heterocycles. The van der Waals surface area contributed by atoms with Gasteiger partial charge in [-0.2, -0.15) is 0 Å². The molecule has 0 spiro atoms. The number of nitrogens with zero attached hydrogens (tertiary/aromatic N) is 1. The minimum atomic E-state index is 0.144. The molecule has 1 saturated heterocycles. The van der Waals surface area contributed by atoms with Crippen LogP contribution in [0.15, 0.2) is 12.2 Å². The van der Waals surface area contributed by atoms with Crippen LogP contribution in [0.3, 0.4) is 0 Å². The first-order valence-electron chi connectivity index (χ1n) is 4.09. The van der Waals surface area contributed by atoms with Gasteiger partial charge in [0.1, 0.15) is 0 Å². The number of likely N-dealkylation sites (N-methyl/N-ethyl adjacent to an activating group) is 1. The molecule has 0 aliphatic carbocycles. The first-order chi connectivity index (χ1) is 5.20. The number of rotatable bonds is 2. The van der Waals surface area contributed by atoms with E-state index in [1.165, 1.54) is 12.8 Å². The Kier molecular flexibility index (Phi) is 2.83. The van der Waals surface area contributed by atoms with Crippen molar-refractivity contribution in [3.63, 3.8) is 0 Å². The fraction of sp³-hybridized carbons (Fsp3) is 0.667. The zero-order valence-electron chi connectivity index (χ0n) is 7.21. The normalized spacial score (nSPS) is 26.5. The van der Waals surface area contributed by atoms with E-state index in [9.17, 15) is 4.79 Å². The van der Waals surface area contributed by atoms with Crippen molar-refractivity contribution in [1.82, 2.24) is 4.90 Å². The molecule has 0 N–H and O–H groups in total. The molecule has 11 heavy (non-hydrogen) atoms. The van der Waals surface area contributed by atoms with Gasteiger partial charge in [0.05, 0.1) is 0 Å². The fourth-order valence-electron chi connectivity index (χ4n) is 1.43. The lowest BCUT2D eigenvalue weighted by molar-refractivity contribution is -0.112. The quantitative estimate of drug-likeness (QED) is 0.556. The molecule has 1 fully saturated rings. The van der Waals surface area contributed by atoms with Crippen LogP contribution >= 0.6 is 0 Å². The third kappa shape index (κ3) is 2.46. The number of carbonyl (C=O) groups excluding carboxylic acids is 1. The second-order valence-electron chi connectivity index (χ2n) is 3.16. The number of hydrogen-bond acceptors (Lipinski definition) is 2. The molecule has 2 nitrogen and oxygen atoms in total. The van der Waals surface area contributed by atoms with E-state index < -0.39 is 0 Å². The second kappa shape index (κ2) is 3.67. The van der Waals surface area contributed by atoms with Crippen LogP contribution in [0, 0.1) is 0 Å². The maximum absolute atomic E-state index is 10.6. The lowest BCUT2D eigenvalue weighted by atomic mass is 10.2. The van der Waals surface area contributed by atoms with E-state index in [0.29, 0.717) is 6.04 Å². The fourth-order valence-corrected chi connectivity index (χ4v) is 1.43. The molecule has 0 radical (unpaired) electrons. The summed E-state index contributed by atoms with van der Waals surface area (Å²) in [5, 5.41) is 0. The average molecular weight is 153 g/mol. The van der Waals surface area contributed by atoms with Crippen molar-refractivity contribution in [3.05, 3.63) is 12.2 Å². The van der Waals surface area contributed by atoms with Gasteiger partial charge in [-0.3, -0.25) is 9.69 Å². The second-order valence-corrected chi connectivity index (χ2v) is 3.16. The van der Waals surface area contributed by atoms with E-state index in [1.54, 1.807) is 13.0 Å². The summed E-state index contributed by atoms with van der Waals surface area (Å²) in [4.78, 5) is 12.9. The van der Waals surface area contributed by atoms with Gasteiger partial charge in [-0.15, -0.1) is 0 Å². The minimum absolute atomic E-state index is 0.144. The molecular weight excluding hydrogens is 138 g/mol. The minimum Gasteiger partial charge on any atom is -0.300 e. The van der Waals surface area contributed by atoms with Gasteiger partial charge < -0.3 is 0 Å². The molecule has 1 atom stereocenters. The predicted octanol–water partition coefficient (Wildman–Crippen LogP) is 1.23. The maximum Gasteiger partial charge on any atom is 0.152 e. The van der Waals surface area contributed by atoms with Crippen LogP contribution in [0.1, 0.15) is 19.8 Å². The summed E-state index contributed by atoms with van der Waals surface area (Å²) in [5.41, 5.74) is 0. The van der Waals surface area contributed by atoms with E-state index in [-0.39, 0.29) is 5.78 Å². The molecule has 0 aromatic carbocycles. The van der Waals surface area contributed by atoms with Crippen LogP contribution in [-0.4, -0.2) is 30.3 Å². The topological polar surface area (TPSA) is 20.3 Å². The molecule has 0 unspecified atom stereocenters. The van der Waals surface area contributed by atoms with E-state index in [0.717, 1.165) is 6.54 Å².